The average Bonchev–Trinajstić information content (AvgIpc) is 2.29. The first-order valence-corrected chi connectivity index (χ1v) is 4.43. The number of nitrogens with one attached hydrogen (secondary N) is 1. The molecule has 1 unspecified atom stereocenters. The highest BCUT2D eigenvalue weighted by Gasteiger charge is 2.33. The summed E-state index contributed by atoms with van der Waals surface area (Å²) in [6, 6.07) is 0. The number of amides is 1. The van der Waals surface area contributed by atoms with E-state index in [9.17, 15) is 4.79 Å². The van der Waals surface area contributed by atoms with Gasteiger partial charge in [-0.05, 0) is 32.5 Å². The van der Waals surface area contributed by atoms with Gasteiger partial charge in [0.1, 0.15) is 0 Å². The fraction of sp³-hybridized carbons (Fsp3) is 0.889. The number of hydrogen-bond donors (Lipinski definition) is 1. The highest BCUT2D eigenvalue weighted by Crippen LogP contribution is 2.29. The Bertz CT molecular complexity index is 179. The third kappa shape index (κ3) is 2.48. The molecule has 3 nitrogen and oxygen atoms in total. The van der Waals surface area contributed by atoms with Crippen LogP contribution in [0, 0.1) is 5.41 Å². The first kappa shape index (κ1) is 9.52. The highest BCUT2D eigenvalue weighted by atomic mass is 16.1. The fourth-order valence-corrected chi connectivity index (χ4v) is 1.49. The first-order chi connectivity index (χ1) is 5.52. The predicted molar refractivity (Wildman–Crippen MR) is 48.9 cm³/mol. The molecule has 0 saturated carbocycles. The van der Waals surface area contributed by atoms with Gasteiger partial charge >= 0.3 is 0 Å². The molecular formula is C9H18N2O. The van der Waals surface area contributed by atoms with Crippen molar-refractivity contribution in [3.8, 4) is 0 Å². The second-order valence-electron chi connectivity index (χ2n) is 4.32. The van der Waals surface area contributed by atoms with Crippen LogP contribution in [0.25, 0.3) is 0 Å². The van der Waals surface area contributed by atoms with Crippen LogP contribution >= 0.6 is 0 Å². The molecule has 0 aromatic carbocycles. The summed E-state index contributed by atoms with van der Waals surface area (Å²) in [6.45, 7) is 4.08. The fourth-order valence-electron chi connectivity index (χ4n) is 1.49. The summed E-state index contributed by atoms with van der Waals surface area (Å²) < 4.78 is 0. The van der Waals surface area contributed by atoms with E-state index in [0.29, 0.717) is 6.42 Å². The molecule has 0 aromatic rings. The standard InChI is InChI=1S/C9H18N2O/c1-9(4-5-11(2)3)6-8(12)10-7-9/h4-7H2,1-3H3,(H,10,12). The van der Waals surface area contributed by atoms with Crippen LogP contribution in [0.2, 0.25) is 0 Å². The van der Waals surface area contributed by atoms with Gasteiger partial charge in [-0.2, -0.15) is 0 Å². The van der Waals surface area contributed by atoms with Gasteiger partial charge in [-0.25, -0.2) is 0 Å². The molecule has 3 heteroatoms. The lowest BCUT2D eigenvalue weighted by Crippen LogP contribution is -2.26. The molecule has 70 valence electrons. The molecule has 1 aliphatic rings. The number of nitrogens with zero attached hydrogens (tertiary/aromatic N) is 1. The normalized spacial score (nSPS) is 29.5. The van der Waals surface area contributed by atoms with Crippen molar-refractivity contribution in [3.05, 3.63) is 0 Å². The lowest BCUT2D eigenvalue weighted by Gasteiger charge is -2.23. The maximum absolute atomic E-state index is 11.0. The topological polar surface area (TPSA) is 32.3 Å². The molecule has 1 heterocycles. The quantitative estimate of drug-likeness (QED) is 0.667. The van der Waals surface area contributed by atoms with Crippen molar-refractivity contribution in [3.63, 3.8) is 0 Å². The van der Waals surface area contributed by atoms with Gasteiger partial charge < -0.3 is 10.2 Å². The minimum Gasteiger partial charge on any atom is -0.356 e. The number of carbonyl (C=O) groups excluding carboxylic acids is 1. The summed E-state index contributed by atoms with van der Waals surface area (Å²) in [5.41, 5.74) is 0.196. The van der Waals surface area contributed by atoms with Crippen molar-refractivity contribution in [2.75, 3.05) is 27.2 Å². The lowest BCUT2D eigenvalue weighted by molar-refractivity contribution is -0.119. The molecule has 0 radical (unpaired) electrons. The van der Waals surface area contributed by atoms with Crippen LogP contribution in [0.5, 0.6) is 0 Å². The van der Waals surface area contributed by atoms with E-state index in [4.69, 9.17) is 0 Å². The van der Waals surface area contributed by atoms with Gasteiger partial charge in [0.25, 0.3) is 0 Å². The van der Waals surface area contributed by atoms with Gasteiger partial charge in [0.15, 0.2) is 0 Å². The molecule has 1 fully saturated rings. The average molecular weight is 170 g/mol. The summed E-state index contributed by atoms with van der Waals surface area (Å²) in [6.07, 6.45) is 1.79. The summed E-state index contributed by atoms with van der Waals surface area (Å²) in [7, 11) is 4.13. The first-order valence-electron chi connectivity index (χ1n) is 4.43. The molecular weight excluding hydrogens is 152 g/mol. The summed E-state index contributed by atoms with van der Waals surface area (Å²) in [4.78, 5) is 13.1. The zero-order chi connectivity index (χ0) is 9.19. The highest BCUT2D eigenvalue weighted by molar-refractivity contribution is 5.79. The van der Waals surface area contributed by atoms with E-state index < -0.39 is 0 Å². The van der Waals surface area contributed by atoms with Crippen molar-refractivity contribution in [2.45, 2.75) is 19.8 Å². The Balaban J connectivity index is 2.35. The Morgan fingerprint density at radius 2 is 2.25 bits per heavy atom. The van der Waals surface area contributed by atoms with Gasteiger partial charge in [0.2, 0.25) is 5.91 Å². The van der Waals surface area contributed by atoms with Crippen LogP contribution in [0.3, 0.4) is 0 Å². The Morgan fingerprint density at radius 1 is 1.58 bits per heavy atom. The Hall–Kier alpha value is -0.570. The van der Waals surface area contributed by atoms with Gasteiger partial charge in [-0.3, -0.25) is 4.79 Å². The van der Waals surface area contributed by atoms with Crippen molar-refractivity contribution in [2.24, 2.45) is 5.41 Å². The van der Waals surface area contributed by atoms with Crippen LogP contribution < -0.4 is 5.32 Å². The number of carbonyl (C=O) groups is 1. The zero-order valence-electron chi connectivity index (χ0n) is 8.18. The molecule has 1 rings (SSSR count). The third-order valence-electron chi connectivity index (χ3n) is 2.46. The summed E-state index contributed by atoms with van der Waals surface area (Å²) in [5.74, 6) is 0.205. The van der Waals surface area contributed by atoms with E-state index in [2.05, 4.69) is 31.2 Å². The second-order valence-corrected chi connectivity index (χ2v) is 4.32. The monoisotopic (exact) mass is 170 g/mol. The van der Waals surface area contributed by atoms with Crippen molar-refractivity contribution < 1.29 is 4.79 Å². The molecule has 0 bridgehead atoms. The number of hydrogen-bond acceptors (Lipinski definition) is 2. The van der Waals surface area contributed by atoms with Crippen molar-refractivity contribution in [1.29, 1.82) is 0 Å². The predicted octanol–water partition coefficient (Wildman–Crippen LogP) is 0.464. The maximum atomic E-state index is 11.0. The Kier molecular flexibility index (Phi) is 2.73. The summed E-state index contributed by atoms with van der Waals surface area (Å²) >= 11 is 0. The number of rotatable bonds is 3. The van der Waals surface area contributed by atoms with E-state index in [1.165, 1.54) is 0 Å². The van der Waals surface area contributed by atoms with E-state index in [-0.39, 0.29) is 11.3 Å². The van der Waals surface area contributed by atoms with Crippen LogP contribution in [0.4, 0.5) is 0 Å². The van der Waals surface area contributed by atoms with E-state index in [1.807, 2.05) is 0 Å². The van der Waals surface area contributed by atoms with Crippen LogP contribution in [-0.2, 0) is 4.79 Å². The van der Waals surface area contributed by atoms with Gasteiger partial charge in [-0.1, -0.05) is 6.92 Å². The second kappa shape index (κ2) is 3.44. The van der Waals surface area contributed by atoms with Crippen LogP contribution in [0.15, 0.2) is 0 Å². The van der Waals surface area contributed by atoms with Gasteiger partial charge in [-0.15, -0.1) is 0 Å². The van der Waals surface area contributed by atoms with Crippen LogP contribution in [0.1, 0.15) is 19.8 Å². The molecule has 1 atom stereocenters. The SMILES string of the molecule is CN(C)CCC1(C)CNC(=O)C1. The molecule has 0 spiro atoms. The Morgan fingerprint density at radius 3 is 2.67 bits per heavy atom. The Labute approximate surface area is 74.1 Å². The van der Waals surface area contributed by atoms with Crippen molar-refractivity contribution >= 4 is 5.91 Å². The van der Waals surface area contributed by atoms with Gasteiger partial charge in [0.05, 0.1) is 0 Å². The minimum absolute atomic E-state index is 0.196. The third-order valence-corrected chi connectivity index (χ3v) is 2.46. The largest absolute Gasteiger partial charge is 0.356 e. The van der Waals surface area contributed by atoms with E-state index in [1.54, 1.807) is 0 Å². The zero-order valence-corrected chi connectivity index (χ0v) is 8.18. The molecule has 1 saturated heterocycles. The van der Waals surface area contributed by atoms with Crippen molar-refractivity contribution in [1.82, 2.24) is 10.2 Å². The van der Waals surface area contributed by atoms with E-state index in [0.717, 1.165) is 19.5 Å². The molecule has 1 amide bonds. The molecule has 1 aliphatic heterocycles. The van der Waals surface area contributed by atoms with E-state index >= 15 is 0 Å². The summed E-state index contributed by atoms with van der Waals surface area (Å²) in [5, 5.41) is 2.88. The lowest BCUT2D eigenvalue weighted by atomic mass is 9.86. The van der Waals surface area contributed by atoms with Crippen LogP contribution in [-0.4, -0.2) is 38.0 Å². The molecule has 1 N–H and O–H groups in total. The van der Waals surface area contributed by atoms with Gasteiger partial charge in [0, 0.05) is 13.0 Å². The molecule has 12 heavy (non-hydrogen) atoms. The smallest absolute Gasteiger partial charge is 0.220 e. The molecule has 0 aliphatic carbocycles. The minimum atomic E-state index is 0.196. The molecule has 0 aromatic heterocycles. The maximum Gasteiger partial charge on any atom is 0.220 e.